The minimum Gasteiger partial charge on any atom is -0.363 e. The summed E-state index contributed by atoms with van der Waals surface area (Å²) >= 11 is 0. The number of carbonyl (C=O) groups excluding carboxylic acids is 1. The highest BCUT2D eigenvalue weighted by atomic mass is 19.1. The van der Waals surface area contributed by atoms with Gasteiger partial charge in [0.15, 0.2) is 11.6 Å². The number of fused-ring (bicyclic) bond motifs is 1. The molecular formula is C22H27FN6O. The Labute approximate surface area is 176 Å². The number of carbonyl (C=O) groups is 1. The summed E-state index contributed by atoms with van der Waals surface area (Å²) < 4.78 is 14.3. The number of amides is 1. The molecule has 1 saturated heterocycles. The van der Waals surface area contributed by atoms with Crippen molar-refractivity contribution in [3.05, 3.63) is 54.0 Å². The SMILES string of the molecule is C=CC(=O)N1CCC[C@@H](Nc2nc(Nc3ccc4c(c3)CN(C)CC4)ncc2F)C1. The molecule has 4 rings (SSSR count). The third-order valence-corrected chi connectivity index (χ3v) is 5.66. The molecule has 8 heteroatoms. The first-order chi connectivity index (χ1) is 14.5. The third kappa shape index (κ3) is 4.59. The van der Waals surface area contributed by atoms with Gasteiger partial charge in [-0.1, -0.05) is 12.6 Å². The van der Waals surface area contributed by atoms with Gasteiger partial charge in [0.2, 0.25) is 11.9 Å². The standard InChI is InChI=1S/C22H27FN6O/c1-3-20(30)29-9-4-5-18(14-29)25-21-19(23)12-24-22(27-21)26-17-7-6-15-8-10-28(2)13-16(15)11-17/h3,6-7,11-12,18H,1,4-5,8-10,13-14H2,2H3,(H2,24,25,26,27)/t18-/m1/s1. The fourth-order valence-corrected chi connectivity index (χ4v) is 4.05. The minimum absolute atomic E-state index is 0.0702. The first-order valence-corrected chi connectivity index (χ1v) is 10.3. The van der Waals surface area contributed by atoms with Crippen LogP contribution < -0.4 is 10.6 Å². The summed E-state index contributed by atoms with van der Waals surface area (Å²) in [5.74, 6) is -0.147. The summed E-state index contributed by atoms with van der Waals surface area (Å²) in [6.07, 6.45) is 5.20. The van der Waals surface area contributed by atoms with E-state index < -0.39 is 5.82 Å². The van der Waals surface area contributed by atoms with Gasteiger partial charge in [-0.05, 0) is 55.6 Å². The van der Waals surface area contributed by atoms with Crippen LogP contribution in [0.5, 0.6) is 0 Å². The van der Waals surface area contributed by atoms with E-state index in [2.05, 4.69) is 51.3 Å². The van der Waals surface area contributed by atoms with Crippen molar-refractivity contribution in [3.8, 4) is 0 Å². The first kappa shape index (κ1) is 20.3. The number of benzene rings is 1. The van der Waals surface area contributed by atoms with Crippen LogP contribution in [-0.4, -0.2) is 58.4 Å². The number of anilines is 3. The predicted octanol–water partition coefficient (Wildman–Crippen LogP) is 2.94. The van der Waals surface area contributed by atoms with Crippen molar-refractivity contribution in [2.75, 3.05) is 37.3 Å². The van der Waals surface area contributed by atoms with Gasteiger partial charge in [0.25, 0.3) is 0 Å². The molecule has 7 nitrogen and oxygen atoms in total. The van der Waals surface area contributed by atoms with Gasteiger partial charge in [0.05, 0.1) is 6.20 Å². The Balaban J connectivity index is 1.46. The average molecular weight is 410 g/mol. The summed E-state index contributed by atoms with van der Waals surface area (Å²) in [7, 11) is 2.11. The van der Waals surface area contributed by atoms with Crippen LogP contribution in [0.25, 0.3) is 0 Å². The van der Waals surface area contributed by atoms with Crippen molar-refractivity contribution in [2.24, 2.45) is 0 Å². The van der Waals surface area contributed by atoms with Gasteiger partial charge in [-0.25, -0.2) is 9.37 Å². The van der Waals surface area contributed by atoms with E-state index >= 15 is 0 Å². The molecule has 2 aliphatic heterocycles. The summed E-state index contributed by atoms with van der Waals surface area (Å²) in [5.41, 5.74) is 3.52. The van der Waals surface area contributed by atoms with E-state index in [9.17, 15) is 9.18 Å². The number of aromatic nitrogens is 2. The molecule has 0 radical (unpaired) electrons. The number of rotatable bonds is 5. The zero-order valence-electron chi connectivity index (χ0n) is 17.2. The number of halogens is 1. The van der Waals surface area contributed by atoms with Crippen LogP contribution in [-0.2, 0) is 17.8 Å². The summed E-state index contributed by atoms with van der Waals surface area (Å²) in [5, 5.41) is 6.32. The number of hydrogen-bond acceptors (Lipinski definition) is 6. The summed E-state index contributed by atoms with van der Waals surface area (Å²) in [6, 6.07) is 6.16. The molecule has 2 aromatic rings. The largest absolute Gasteiger partial charge is 0.363 e. The second-order valence-corrected chi connectivity index (χ2v) is 7.96. The smallest absolute Gasteiger partial charge is 0.246 e. The maximum absolute atomic E-state index is 14.3. The molecule has 0 unspecified atom stereocenters. The molecule has 1 fully saturated rings. The molecule has 0 bridgehead atoms. The van der Waals surface area contributed by atoms with Crippen molar-refractivity contribution in [2.45, 2.75) is 31.8 Å². The van der Waals surface area contributed by atoms with E-state index in [-0.39, 0.29) is 17.8 Å². The molecule has 3 heterocycles. The molecule has 1 atom stereocenters. The van der Waals surface area contributed by atoms with Crippen molar-refractivity contribution in [3.63, 3.8) is 0 Å². The van der Waals surface area contributed by atoms with Crippen LogP contribution in [0.2, 0.25) is 0 Å². The molecule has 0 saturated carbocycles. The molecule has 0 aliphatic carbocycles. The maximum atomic E-state index is 14.3. The molecule has 0 spiro atoms. The van der Waals surface area contributed by atoms with E-state index in [1.165, 1.54) is 23.4 Å². The lowest BCUT2D eigenvalue weighted by molar-refractivity contribution is -0.127. The first-order valence-electron chi connectivity index (χ1n) is 10.3. The van der Waals surface area contributed by atoms with Gasteiger partial charge in [0, 0.05) is 37.9 Å². The molecular weight excluding hydrogens is 383 g/mol. The molecule has 1 aromatic heterocycles. The lowest BCUT2D eigenvalue weighted by Crippen LogP contribution is -2.44. The van der Waals surface area contributed by atoms with Crippen molar-refractivity contribution >= 4 is 23.4 Å². The molecule has 30 heavy (non-hydrogen) atoms. The van der Waals surface area contributed by atoms with Crippen LogP contribution in [0.4, 0.5) is 21.8 Å². The van der Waals surface area contributed by atoms with E-state index in [1.54, 1.807) is 4.90 Å². The van der Waals surface area contributed by atoms with Crippen LogP contribution in [0.15, 0.2) is 37.1 Å². The fourth-order valence-electron chi connectivity index (χ4n) is 4.05. The number of nitrogens with zero attached hydrogens (tertiary/aromatic N) is 4. The predicted molar refractivity (Wildman–Crippen MR) is 115 cm³/mol. The third-order valence-electron chi connectivity index (χ3n) is 5.66. The van der Waals surface area contributed by atoms with Crippen molar-refractivity contribution in [1.82, 2.24) is 19.8 Å². The summed E-state index contributed by atoms with van der Waals surface area (Å²) in [4.78, 5) is 24.3. The topological polar surface area (TPSA) is 73.4 Å². The number of hydrogen-bond donors (Lipinski definition) is 2. The van der Waals surface area contributed by atoms with Gasteiger partial charge in [-0.3, -0.25) is 4.79 Å². The summed E-state index contributed by atoms with van der Waals surface area (Å²) in [6.45, 7) is 6.69. The Morgan fingerprint density at radius 1 is 1.33 bits per heavy atom. The maximum Gasteiger partial charge on any atom is 0.246 e. The van der Waals surface area contributed by atoms with Crippen LogP contribution in [0, 0.1) is 5.82 Å². The Morgan fingerprint density at radius 3 is 3.03 bits per heavy atom. The molecule has 1 aromatic carbocycles. The lowest BCUT2D eigenvalue weighted by Gasteiger charge is -2.32. The fraction of sp³-hybridized carbons (Fsp3) is 0.409. The molecule has 2 N–H and O–H groups in total. The van der Waals surface area contributed by atoms with E-state index in [1.807, 2.05) is 6.07 Å². The Bertz CT molecular complexity index is 949. The van der Waals surface area contributed by atoms with Crippen LogP contribution in [0.3, 0.4) is 0 Å². The minimum atomic E-state index is -0.514. The van der Waals surface area contributed by atoms with Gasteiger partial charge in [0.1, 0.15) is 0 Å². The van der Waals surface area contributed by atoms with Crippen molar-refractivity contribution < 1.29 is 9.18 Å². The normalized spacial score (nSPS) is 19.1. The lowest BCUT2D eigenvalue weighted by atomic mass is 9.99. The number of likely N-dealkylation sites (tertiary alicyclic amines) is 1. The number of likely N-dealkylation sites (N-methyl/N-ethyl adjacent to an activating group) is 1. The van der Waals surface area contributed by atoms with Crippen LogP contribution in [0.1, 0.15) is 24.0 Å². The zero-order chi connectivity index (χ0) is 21.1. The highest BCUT2D eigenvalue weighted by Crippen LogP contribution is 2.24. The average Bonchev–Trinajstić information content (AvgIpc) is 2.75. The highest BCUT2D eigenvalue weighted by molar-refractivity contribution is 5.87. The Morgan fingerprint density at radius 2 is 2.20 bits per heavy atom. The Hall–Kier alpha value is -3.00. The highest BCUT2D eigenvalue weighted by Gasteiger charge is 2.23. The van der Waals surface area contributed by atoms with Gasteiger partial charge < -0.3 is 20.4 Å². The number of nitrogens with one attached hydrogen (secondary N) is 2. The molecule has 1 amide bonds. The van der Waals surface area contributed by atoms with E-state index in [0.29, 0.717) is 19.0 Å². The van der Waals surface area contributed by atoms with Gasteiger partial charge in [-0.2, -0.15) is 4.98 Å². The van der Waals surface area contributed by atoms with Crippen LogP contribution >= 0.6 is 0 Å². The van der Waals surface area contributed by atoms with E-state index in [0.717, 1.165) is 38.0 Å². The molecule has 2 aliphatic rings. The number of piperidine rings is 1. The van der Waals surface area contributed by atoms with Gasteiger partial charge in [-0.15, -0.1) is 0 Å². The second-order valence-electron chi connectivity index (χ2n) is 7.96. The van der Waals surface area contributed by atoms with E-state index in [4.69, 9.17) is 0 Å². The Kier molecular flexibility index (Phi) is 5.94. The van der Waals surface area contributed by atoms with Crippen molar-refractivity contribution in [1.29, 1.82) is 0 Å². The quantitative estimate of drug-likeness (QED) is 0.739. The molecule has 158 valence electrons. The monoisotopic (exact) mass is 410 g/mol. The zero-order valence-corrected chi connectivity index (χ0v) is 17.2. The van der Waals surface area contributed by atoms with Gasteiger partial charge >= 0.3 is 0 Å². The second kappa shape index (κ2) is 8.79.